The molecule has 0 fully saturated rings. The summed E-state index contributed by atoms with van der Waals surface area (Å²) in [5, 5.41) is 6.04. The van der Waals surface area contributed by atoms with Gasteiger partial charge < -0.3 is 9.15 Å². The Kier molecular flexibility index (Phi) is 3.37. The average molecular weight is 276 g/mol. The molecule has 0 bridgehead atoms. The maximum absolute atomic E-state index is 12.4. The van der Waals surface area contributed by atoms with Crippen molar-refractivity contribution < 1.29 is 22.3 Å². The van der Waals surface area contributed by atoms with E-state index in [1.165, 1.54) is 12.1 Å². The van der Waals surface area contributed by atoms with Gasteiger partial charge in [0.05, 0.1) is 5.56 Å². The van der Waals surface area contributed by atoms with Crippen LogP contribution in [0.5, 0.6) is 5.75 Å². The smallest absolute Gasteiger partial charge is 0.416 e. The Morgan fingerprint density at radius 2 is 2.17 bits per heavy atom. The zero-order valence-corrected chi connectivity index (χ0v) is 9.64. The van der Waals surface area contributed by atoms with Crippen LogP contribution >= 0.6 is 12.2 Å². The molecule has 0 aliphatic rings. The van der Waals surface area contributed by atoms with E-state index in [0.29, 0.717) is 0 Å². The predicted octanol–water partition coefficient (Wildman–Crippen LogP) is 3.33. The molecule has 1 N–H and O–H groups in total. The first-order valence-corrected chi connectivity index (χ1v) is 5.20. The largest absolute Gasteiger partial charge is 0.484 e. The van der Waals surface area contributed by atoms with E-state index < -0.39 is 11.7 Å². The van der Waals surface area contributed by atoms with Crippen molar-refractivity contribution >= 4 is 12.2 Å². The molecule has 0 saturated heterocycles. The molecule has 0 spiro atoms. The van der Waals surface area contributed by atoms with Crippen LogP contribution in [0.15, 0.2) is 28.7 Å². The lowest BCUT2D eigenvalue weighted by Crippen LogP contribution is -2.05. The third kappa shape index (κ3) is 3.10. The van der Waals surface area contributed by atoms with E-state index in [1.54, 1.807) is 0 Å². The van der Waals surface area contributed by atoms with Crippen LogP contribution in [0.2, 0.25) is 0 Å². The number of benzene rings is 1. The molecule has 0 amide bonds. The van der Waals surface area contributed by atoms with Crippen molar-refractivity contribution in [1.29, 1.82) is 0 Å². The minimum Gasteiger partial charge on any atom is -0.484 e. The second kappa shape index (κ2) is 4.81. The Bertz CT molecular complexity index is 591. The van der Waals surface area contributed by atoms with Crippen LogP contribution in [-0.2, 0) is 12.8 Å². The van der Waals surface area contributed by atoms with Crippen molar-refractivity contribution in [3.8, 4) is 5.75 Å². The molecule has 96 valence electrons. The number of nitrogens with one attached hydrogen (secondary N) is 1. The number of H-pyrrole nitrogens is 1. The molecule has 1 aromatic heterocycles. The van der Waals surface area contributed by atoms with Crippen LogP contribution < -0.4 is 4.74 Å². The second-order valence-electron chi connectivity index (χ2n) is 3.32. The fraction of sp³-hybridized carbons (Fsp3) is 0.200. The first kappa shape index (κ1) is 12.6. The van der Waals surface area contributed by atoms with Crippen LogP contribution in [0.4, 0.5) is 13.2 Å². The number of ether oxygens (including phenoxy) is 1. The summed E-state index contributed by atoms with van der Waals surface area (Å²) in [4.78, 5) is 0.0812. The molecule has 4 nitrogen and oxygen atoms in total. The monoisotopic (exact) mass is 276 g/mol. The molecule has 18 heavy (non-hydrogen) atoms. The van der Waals surface area contributed by atoms with Gasteiger partial charge >= 0.3 is 6.18 Å². The lowest BCUT2D eigenvalue weighted by molar-refractivity contribution is -0.137. The van der Waals surface area contributed by atoms with Gasteiger partial charge in [-0.1, -0.05) is 6.07 Å². The summed E-state index contributed by atoms with van der Waals surface area (Å²) in [5.74, 6) is 0.242. The standard InChI is InChI=1S/C10H7F3N2O2S/c11-10(12,13)6-2-1-3-7(4-6)16-5-8-14-15-9(18)17-8/h1-4H,5H2,(H,15,18). The summed E-state index contributed by atoms with van der Waals surface area (Å²) in [6.45, 7) is -0.103. The van der Waals surface area contributed by atoms with Gasteiger partial charge in [0.15, 0.2) is 6.61 Å². The van der Waals surface area contributed by atoms with Gasteiger partial charge in [0, 0.05) is 0 Å². The highest BCUT2D eigenvalue weighted by molar-refractivity contribution is 7.71. The third-order valence-corrected chi connectivity index (χ3v) is 2.18. The minimum atomic E-state index is -4.40. The zero-order valence-electron chi connectivity index (χ0n) is 8.82. The van der Waals surface area contributed by atoms with E-state index in [2.05, 4.69) is 22.4 Å². The Labute approximate surface area is 104 Å². The highest BCUT2D eigenvalue weighted by atomic mass is 32.1. The van der Waals surface area contributed by atoms with Gasteiger partial charge in [0.2, 0.25) is 0 Å². The fourth-order valence-corrected chi connectivity index (χ4v) is 1.37. The number of aromatic amines is 1. The number of hydrogen-bond acceptors (Lipinski definition) is 4. The lowest BCUT2D eigenvalue weighted by atomic mass is 10.2. The van der Waals surface area contributed by atoms with E-state index in [-0.39, 0.29) is 23.1 Å². The summed E-state index contributed by atoms with van der Waals surface area (Å²) in [6.07, 6.45) is -4.40. The summed E-state index contributed by atoms with van der Waals surface area (Å²) in [5.41, 5.74) is -0.775. The van der Waals surface area contributed by atoms with Gasteiger partial charge in [-0.05, 0) is 30.4 Å². The number of nitrogens with zero attached hydrogens (tertiary/aromatic N) is 1. The fourth-order valence-electron chi connectivity index (χ4n) is 1.23. The molecule has 2 aromatic rings. The molecule has 0 radical (unpaired) electrons. The number of alkyl halides is 3. The van der Waals surface area contributed by atoms with Crippen molar-refractivity contribution in [3.63, 3.8) is 0 Å². The molecule has 0 saturated carbocycles. The van der Waals surface area contributed by atoms with E-state index in [1.807, 2.05) is 0 Å². The summed E-state index contributed by atoms with van der Waals surface area (Å²) in [7, 11) is 0. The predicted molar refractivity (Wildman–Crippen MR) is 57.5 cm³/mol. The summed E-state index contributed by atoms with van der Waals surface area (Å²) < 4.78 is 47.3. The first-order chi connectivity index (χ1) is 8.45. The van der Waals surface area contributed by atoms with E-state index >= 15 is 0 Å². The SMILES string of the molecule is FC(F)(F)c1cccc(OCc2n[nH]c(=S)o2)c1. The lowest BCUT2D eigenvalue weighted by Gasteiger charge is -2.08. The van der Waals surface area contributed by atoms with Crippen molar-refractivity contribution in [3.05, 3.63) is 40.6 Å². The molecule has 1 heterocycles. The van der Waals surface area contributed by atoms with Crippen LogP contribution in [0.1, 0.15) is 11.5 Å². The number of halogens is 3. The van der Waals surface area contributed by atoms with Gasteiger partial charge in [0.1, 0.15) is 5.75 Å². The first-order valence-electron chi connectivity index (χ1n) is 4.79. The number of hydrogen-bond donors (Lipinski definition) is 1. The highest BCUT2D eigenvalue weighted by Gasteiger charge is 2.30. The highest BCUT2D eigenvalue weighted by Crippen LogP contribution is 2.31. The van der Waals surface area contributed by atoms with E-state index in [4.69, 9.17) is 9.15 Å². The Morgan fingerprint density at radius 1 is 1.39 bits per heavy atom. The average Bonchev–Trinajstić information content (AvgIpc) is 2.72. The minimum absolute atomic E-state index is 0.0777. The van der Waals surface area contributed by atoms with E-state index in [9.17, 15) is 13.2 Å². The maximum atomic E-state index is 12.4. The molecule has 1 aromatic carbocycles. The molecule has 0 aliphatic carbocycles. The Morgan fingerprint density at radius 3 is 2.78 bits per heavy atom. The van der Waals surface area contributed by atoms with Gasteiger partial charge in [0.25, 0.3) is 10.7 Å². The maximum Gasteiger partial charge on any atom is 0.416 e. The van der Waals surface area contributed by atoms with Crippen LogP contribution in [-0.4, -0.2) is 10.2 Å². The Hall–Kier alpha value is -1.83. The molecule has 2 rings (SSSR count). The van der Waals surface area contributed by atoms with Gasteiger partial charge in [-0.2, -0.15) is 13.2 Å². The third-order valence-electron chi connectivity index (χ3n) is 2.01. The summed E-state index contributed by atoms with van der Waals surface area (Å²) >= 11 is 4.64. The van der Waals surface area contributed by atoms with E-state index in [0.717, 1.165) is 12.1 Å². The molecular formula is C10H7F3N2O2S. The van der Waals surface area contributed by atoms with Gasteiger partial charge in [-0.15, -0.1) is 5.10 Å². The molecule has 8 heteroatoms. The normalized spacial score (nSPS) is 11.5. The van der Waals surface area contributed by atoms with Crippen LogP contribution in [0.3, 0.4) is 0 Å². The quantitative estimate of drug-likeness (QED) is 0.874. The van der Waals surface area contributed by atoms with Crippen molar-refractivity contribution in [2.45, 2.75) is 12.8 Å². The van der Waals surface area contributed by atoms with Gasteiger partial charge in [-0.3, -0.25) is 0 Å². The topological polar surface area (TPSA) is 51.0 Å². The van der Waals surface area contributed by atoms with Crippen molar-refractivity contribution in [1.82, 2.24) is 10.2 Å². The Balaban J connectivity index is 2.08. The molecule has 0 aliphatic heterocycles. The molecule has 0 unspecified atom stereocenters. The number of aromatic nitrogens is 2. The molecule has 0 atom stereocenters. The number of rotatable bonds is 3. The van der Waals surface area contributed by atoms with Crippen LogP contribution in [0.25, 0.3) is 0 Å². The second-order valence-corrected chi connectivity index (χ2v) is 3.69. The van der Waals surface area contributed by atoms with Crippen molar-refractivity contribution in [2.24, 2.45) is 0 Å². The zero-order chi connectivity index (χ0) is 13.2. The van der Waals surface area contributed by atoms with Crippen molar-refractivity contribution in [2.75, 3.05) is 0 Å². The van der Waals surface area contributed by atoms with Gasteiger partial charge in [-0.25, -0.2) is 5.10 Å². The molecular weight excluding hydrogens is 269 g/mol. The summed E-state index contributed by atoms with van der Waals surface area (Å²) in [6, 6.07) is 4.54. The van der Waals surface area contributed by atoms with Crippen LogP contribution in [0, 0.1) is 4.84 Å².